The average molecular weight is 294 g/mol. The Bertz CT molecular complexity index is 621. The Hall–Kier alpha value is -1.86. The monoisotopic (exact) mass is 294 g/mol. The van der Waals surface area contributed by atoms with Crippen molar-refractivity contribution in [2.75, 3.05) is 11.9 Å². The van der Waals surface area contributed by atoms with Crippen LogP contribution in [0.15, 0.2) is 41.6 Å². The van der Waals surface area contributed by atoms with Gasteiger partial charge in [0.1, 0.15) is 0 Å². The van der Waals surface area contributed by atoms with E-state index in [1.165, 1.54) is 0 Å². The Labute approximate surface area is 118 Å². The molecular formula is C13H18N4O2S. The first-order valence-electron chi connectivity index (χ1n) is 6.43. The molecule has 2 aromatic rings. The van der Waals surface area contributed by atoms with Crippen molar-refractivity contribution in [3.8, 4) is 0 Å². The molecule has 7 heteroatoms. The van der Waals surface area contributed by atoms with E-state index in [9.17, 15) is 8.42 Å². The maximum atomic E-state index is 11.9. The topological polar surface area (TPSA) is 86.9 Å². The number of aromatic nitrogens is 2. The van der Waals surface area contributed by atoms with Crippen LogP contribution in [-0.2, 0) is 16.6 Å². The molecule has 0 aliphatic carbocycles. The van der Waals surface area contributed by atoms with Gasteiger partial charge < -0.3 is 5.32 Å². The van der Waals surface area contributed by atoms with Crippen LogP contribution in [0.1, 0.15) is 18.9 Å². The molecule has 0 radical (unpaired) electrons. The normalized spacial score (nSPS) is 11.4. The van der Waals surface area contributed by atoms with Crippen LogP contribution in [0.2, 0.25) is 0 Å². The van der Waals surface area contributed by atoms with E-state index in [-0.39, 0.29) is 4.90 Å². The van der Waals surface area contributed by atoms with E-state index in [0.29, 0.717) is 13.1 Å². The van der Waals surface area contributed by atoms with Crippen LogP contribution in [0, 0.1) is 0 Å². The lowest BCUT2D eigenvalue weighted by Gasteiger charge is -2.08. The van der Waals surface area contributed by atoms with Crippen LogP contribution < -0.4 is 10.0 Å². The molecule has 6 nitrogen and oxygen atoms in total. The molecule has 0 aliphatic heterocycles. The Morgan fingerprint density at radius 1 is 1.25 bits per heavy atom. The van der Waals surface area contributed by atoms with E-state index in [1.54, 1.807) is 36.7 Å². The molecule has 0 amide bonds. The van der Waals surface area contributed by atoms with Crippen LogP contribution in [0.4, 0.5) is 5.69 Å². The van der Waals surface area contributed by atoms with Crippen LogP contribution >= 0.6 is 0 Å². The number of nitrogens with one attached hydrogen (secondary N) is 3. The summed E-state index contributed by atoms with van der Waals surface area (Å²) in [5, 5.41) is 9.79. The quantitative estimate of drug-likeness (QED) is 0.725. The van der Waals surface area contributed by atoms with Gasteiger partial charge in [0.15, 0.2) is 0 Å². The molecule has 0 unspecified atom stereocenters. The molecule has 3 N–H and O–H groups in total. The Morgan fingerprint density at radius 2 is 2.00 bits per heavy atom. The van der Waals surface area contributed by atoms with Gasteiger partial charge in [0.25, 0.3) is 0 Å². The highest BCUT2D eigenvalue weighted by atomic mass is 32.2. The first kappa shape index (κ1) is 14.5. The summed E-state index contributed by atoms with van der Waals surface area (Å²) in [6, 6.07) is 6.69. The third-order valence-electron chi connectivity index (χ3n) is 2.76. The van der Waals surface area contributed by atoms with Crippen molar-refractivity contribution < 1.29 is 8.42 Å². The van der Waals surface area contributed by atoms with Gasteiger partial charge in [-0.25, -0.2) is 13.1 Å². The fourth-order valence-corrected chi connectivity index (χ4v) is 2.78. The summed E-state index contributed by atoms with van der Waals surface area (Å²) >= 11 is 0. The predicted octanol–water partition coefficient (Wildman–Crippen LogP) is 1.71. The first-order chi connectivity index (χ1) is 9.62. The molecule has 0 saturated carbocycles. The Morgan fingerprint density at radius 3 is 2.60 bits per heavy atom. The number of H-pyrrole nitrogens is 1. The molecule has 1 heterocycles. The number of sulfonamides is 1. The third-order valence-corrected chi connectivity index (χ3v) is 4.24. The molecular weight excluding hydrogens is 276 g/mol. The molecule has 20 heavy (non-hydrogen) atoms. The highest BCUT2D eigenvalue weighted by molar-refractivity contribution is 7.89. The molecule has 0 atom stereocenters. The molecule has 1 aromatic heterocycles. The molecule has 1 aromatic carbocycles. The number of rotatable bonds is 7. The van der Waals surface area contributed by atoms with Crippen molar-refractivity contribution in [2.45, 2.75) is 24.8 Å². The third kappa shape index (κ3) is 3.82. The Balaban J connectivity index is 1.99. The van der Waals surface area contributed by atoms with Crippen LogP contribution in [-0.4, -0.2) is 25.2 Å². The maximum Gasteiger partial charge on any atom is 0.240 e. The standard InChI is InChI=1S/C13H18N4O2S/c1-2-7-17-20(18,19)13-5-3-12(4-6-13)14-8-11-9-15-16-10-11/h3-6,9-10,14,17H,2,7-8H2,1H3,(H,15,16). The van der Waals surface area contributed by atoms with Gasteiger partial charge in [-0.3, -0.25) is 5.10 Å². The molecule has 108 valence electrons. The average Bonchev–Trinajstić information content (AvgIpc) is 2.97. The molecule has 0 bridgehead atoms. The summed E-state index contributed by atoms with van der Waals surface area (Å²) in [5.74, 6) is 0. The van der Waals surface area contributed by atoms with Gasteiger partial charge in [-0.05, 0) is 30.7 Å². The molecule has 0 saturated heterocycles. The number of aromatic amines is 1. The minimum atomic E-state index is -3.39. The summed E-state index contributed by atoms with van der Waals surface area (Å²) in [6.07, 6.45) is 4.31. The second-order valence-electron chi connectivity index (χ2n) is 4.38. The number of hydrogen-bond acceptors (Lipinski definition) is 4. The summed E-state index contributed by atoms with van der Waals surface area (Å²) in [5.41, 5.74) is 1.90. The number of hydrogen-bond donors (Lipinski definition) is 3. The summed E-state index contributed by atoms with van der Waals surface area (Å²) in [6.45, 7) is 3.00. The van der Waals surface area contributed by atoms with E-state index >= 15 is 0 Å². The fraction of sp³-hybridized carbons (Fsp3) is 0.308. The summed E-state index contributed by atoms with van der Waals surface area (Å²) in [7, 11) is -3.39. The smallest absolute Gasteiger partial charge is 0.240 e. The molecule has 0 fully saturated rings. The number of anilines is 1. The van der Waals surface area contributed by atoms with E-state index in [1.807, 2.05) is 6.92 Å². The van der Waals surface area contributed by atoms with Crippen LogP contribution in [0.5, 0.6) is 0 Å². The van der Waals surface area contributed by atoms with Crippen molar-refractivity contribution in [3.05, 3.63) is 42.2 Å². The zero-order valence-electron chi connectivity index (χ0n) is 11.3. The first-order valence-corrected chi connectivity index (χ1v) is 7.91. The van der Waals surface area contributed by atoms with Crippen molar-refractivity contribution in [1.29, 1.82) is 0 Å². The molecule has 2 rings (SSSR count). The lowest BCUT2D eigenvalue weighted by Crippen LogP contribution is -2.24. The second-order valence-corrected chi connectivity index (χ2v) is 6.15. The lowest BCUT2D eigenvalue weighted by molar-refractivity contribution is 0.581. The summed E-state index contributed by atoms with van der Waals surface area (Å²) in [4.78, 5) is 0.278. The number of benzene rings is 1. The van der Waals surface area contributed by atoms with Gasteiger partial charge in [-0.15, -0.1) is 0 Å². The van der Waals surface area contributed by atoms with Gasteiger partial charge in [-0.2, -0.15) is 5.10 Å². The van der Waals surface area contributed by atoms with Gasteiger partial charge in [-0.1, -0.05) is 6.92 Å². The van der Waals surface area contributed by atoms with Crippen molar-refractivity contribution >= 4 is 15.7 Å². The largest absolute Gasteiger partial charge is 0.381 e. The second kappa shape index (κ2) is 6.53. The molecule has 0 aliphatic rings. The van der Waals surface area contributed by atoms with E-state index in [0.717, 1.165) is 17.7 Å². The van der Waals surface area contributed by atoms with Gasteiger partial charge in [0, 0.05) is 30.5 Å². The lowest BCUT2D eigenvalue weighted by atomic mass is 10.3. The SMILES string of the molecule is CCCNS(=O)(=O)c1ccc(NCc2cn[nH]c2)cc1. The van der Waals surface area contributed by atoms with Crippen molar-refractivity contribution in [3.63, 3.8) is 0 Å². The van der Waals surface area contributed by atoms with Crippen LogP contribution in [0.25, 0.3) is 0 Å². The zero-order valence-corrected chi connectivity index (χ0v) is 12.1. The minimum Gasteiger partial charge on any atom is -0.381 e. The van der Waals surface area contributed by atoms with Gasteiger partial charge in [0.05, 0.1) is 11.1 Å². The maximum absolute atomic E-state index is 11.9. The van der Waals surface area contributed by atoms with Gasteiger partial charge >= 0.3 is 0 Å². The molecule has 0 spiro atoms. The highest BCUT2D eigenvalue weighted by Crippen LogP contribution is 2.14. The van der Waals surface area contributed by atoms with Gasteiger partial charge in [0.2, 0.25) is 10.0 Å². The van der Waals surface area contributed by atoms with E-state index < -0.39 is 10.0 Å². The van der Waals surface area contributed by atoms with Crippen molar-refractivity contribution in [1.82, 2.24) is 14.9 Å². The predicted molar refractivity (Wildman–Crippen MR) is 77.8 cm³/mol. The fourth-order valence-electron chi connectivity index (χ4n) is 1.65. The Kier molecular flexibility index (Phi) is 4.75. The van der Waals surface area contributed by atoms with Crippen LogP contribution in [0.3, 0.4) is 0 Å². The highest BCUT2D eigenvalue weighted by Gasteiger charge is 2.12. The summed E-state index contributed by atoms with van der Waals surface area (Å²) < 4.78 is 26.3. The van der Waals surface area contributed by atoms with Crippen molar-refractivity contribution in [2.24, 2.45) is 0 Å². The minimum absolute atomic E-state index is 0.278. The number of nitrogens with zero attached hydrogens (tertiary/aromatic N) is 1. The van der Waals surface area contributed by atoms with E-state index in [2.05, 4.69) is 20.2 Å². The zero-order chi connectivity index (χ0) is 14.4. The van der Waals surface area contributed by atoms with E-state index in [4.69, 9.17) is 0 Å².